The zero-order chi connectivity index (χ0) is 15.2. The summed E-state index contributed by atoms with van der Waals surface area (Å²) in [6, 6.07) is 6.23. The number of thiocarbonyl (C=S) groups is 1. The van der Waals surface area contributed by atoms with Crippen LogP contribution in [0.25, 0.3) is 6.08 Å². The van der Waals surface area contributed by atoms with Gasteiger partial charge in [-0.1, -0.05) is 48.3 Å². The molecule has 21 heavy (non-hydrogen) atoms. The van der Waals surface area contributed by atoms with E-state index in [2.05, 4.69) is 5.32 Å². The number of amides is 1. The Bertz CT molecular complexity index is 676. The monoisotopic (exact) mass is 318 g/mol. The van der Waals surface area contributed by atoms with Crippen LogP contribution in [0.15, 0.2) is 53.5 Å². The molecule has 0 saturated carbocycles. The number of allylic oxidation sites excluding steroid dienone is 4. The molecule has 1 aromatic carbocycles. The summed E-state index contributed by atoms with van der Waals surface area (Å²) in [5.41, 5.74) is 0.916. The van der Waals surface area contributed by atoms with Crippen molar-refractivity contribution in [3.63, 3.8) is 0 Å². The van der Waals surface area contributed by atoms with Gasteiger partial charge in [-0.2, -0.15) is 0 Å². The Hall–Kier alpha value is -2.25. The molecular formula is C14H10N2O3S2. The molecule has 1 amide bonds. The minimum atomic E-state index is -0.436. The van der Waals surface area contributed by atoms with Gasteiger partial charge in [-0.25, -0.2) is 0 Å². The van der Waals surface area contributed by atoms with Gasteiger partial charge >= 0.3 is 0 Å². The van der Waals surface area contributed by atoms with Crippen molar-refractivity contribution < 1.29 is 9.72 Å². The van der Waals surface area contributed by atoms with Crippen LogP contribution in [-0.2, 0) is 4.79 Å². The van der Waals surface area contributed by atoms with E-state index in [1.807, 2.05) is 6.08 Å². The number of non-ortho nitro benzene ring substituents is 1. The Labute approximate surface area is 130 Å². The lowest BCUT2D eigenvalue weighted by Crippen LogP contribution is -2.17. The van der Waals surface area contributed by atoms with Crippen molar-refractivity contribution in [2.45, 2.75) is 0 Å². The smallest absolute Gasteiger partial charge is 0.269 e. The number of nitro groups is 1. The molecule has 0 aliphatic carbocycles. The second-order valence-corrected chi connectivity index (χ2v) is 5.69. The molecule has 0 bridgehead atoms. The highest BCUT2D eigenvalue weighted by Gasteiger charge is 2.20. The third kappa shape index (κ3) is 4.37. The molecule has 1 saturated heterocycles. The summed E-state index contributed by atoms with van der Waals surface area (Å²) in [6.45, 7) is 0. The molecule has 2 rings (SSSR count). The third-order valence-corrected chi connectivity index (χ3v) is 3.69. The highest BCUT2D eigenvalue weighted by Crippen LogP contribution is 2.23. The summed E-state index contributed by atoms with van der Waals surface area (Å²) in [5, 5.41) is 13.0. The fraction of sp³-hybridized carbons (Fsp3) is 0. The molecule has 1 heterocycles. The molecular weight excluding hydrogens is 308 g/mol. The second kappa shape index (κ2) is 6.96. The van der Waals surface area contributed by atoms with Gasteiger partial charge in [0.15, 0.2) is 0 Å². The Morgan fingerprint density at radius 2 is 1.90 bits per heavy atom. The van der Waals surface area contributed by atoms with Crippen LogP contribution in [0, 0.1) is 10.1 Å². The maximum absolute atomic E-state index is 11.4. The Morgan fingerprint density at radius 3 is 2.48 bits per heavy atom. The maximum Gasteiger partial charge on any atom is 0.269 e. The van der Waals surface area contributed by atoms with E-state index in [1.165, 1.54) is 23.9 Å². The van der Waals surface area contributed by atoms with Gasteiger partial charge in [0.25, 0.3) is 11.6 Å². The molecule has 1 aromatic rings. The first-order valence-corrected chi connectivity index (χ1v) is 7.11. The predicted molar refractivity (Wildman–Crippen MR) is 87.7 cm³/mol. The van der Waals surface area contributed by atoms with E-state index in [1.54, 1.807) is 36.4 Å². The maximum atomic E-state index is 11.4. The van der Waals surface area contributed by atoms with Crippen molar-refractivity contribution in [1.29, 1.82) is 0 Å². The topological polar surface area (TPSA) is 72.2 Å². The summed E-state index contributed by atoms with van der Waals surface area (Å²) in [6.07, 6.45) is 8.78. The van der Waals surface area contributed by atoms with Gasteiger partial charge in [-0.05, 0) is 23.8 Å². The van der Waals surface area contributed by atoms with Crippen LogP contribution in [0.1, 0.15) is 5.56 Å². The molecule has 0 aromatic heterocycles. The fourth-order valence-corrected chi connectivity index (χ4v) is 2.51. The number of carbonyl (C=O) groups excluding carboxylic acids is 1. The van der Waals surface area contributed by atoms with E-state index in [0.29, 0.717) is 9.23 Å². The van der Waals surface area contributed by atoms with Crippen molar-refractivity contribution in [1.82, 2.24) is 5.32 Å². The first kappa shape index (κ1) is 15.1. The van der Waals surface area contributed by atoms with Gasteiger partial charge in [0, 0.05) is 12.1 Å². The summed E-state index contributed by atoms with van der Waals surface area (Å²) in [4.78, 5) is 22.0. The molecule has 0 radical (unpaired) electrons. The van der Waals surface area contributed by atoms with E-state index in [9.17, 15) is 14.9 Å². The van der Waals surface area contributed by atoms with E-state index in [4.69, 9.17) is 12.2 Å². The fourth-order valence-electron chi connectivity index (χ4n) is 1.52. The molecule has 1 aliphatic rings. The molecule has 1 aliphatic heterocycles. The molecule has 1 N–H and O–H groups in total. The lowest BCUT2D eigenvalue weighted by molar-refractivity contribution is -0.384. The third-order valence-electron chi connectivity index (χ3n) is 2.50. The number of benzene rings is 1. The summed E-state index contributed by atoms with van der Waals surface area (Å²) >= 11 is 6.10. The lowest BCUT2D eigenvalue weighted by atomic mass is 10.2. The van der Waals surface area contributed by atoms with Gasteiger partial charge in [0.2, 0.25) is 0 Å². The summed E-state index contributed by atoms with van der Waals surface area (Å²) in [5.74, 6) is -0.186. The largest absolute Gasteiger partial charge is 0.307 e. The number of nitro benzene ring substituents is 1. The van der Waals surface area contributed by atoms with Gasteiger partial charge in [0.05, 0.1) is 9.83 Å². The van der Waals surface area contributed by atoms with Crippen molar-refractivity contribution >= 4 is 46.0 Å². The predicted octanol–water partition coefficient (Wildman–Crippen LogP) is 3.20. The van der Waals surface area contributed by atoms with Crippen LogP contribution in [0.5, 0.6) is 0 Å². The van der Waals surface area contributed by atoms with E-state index in [-0.39, 0.29) is 11.6 Å². The lowest BCUT2D eigenvalue weighted by Gasteiger charge is -1.92. The number of thioether (sulfide) groups is 1. The van der Waals surface area contributed by atoms with E-state index in [0.717, 1.165) is 5.56 Å². The number of rotatable bonds is 4. The standard InChI is InChI=1S/C14H10N2O3S2/c17-13-12(21-14(20)15-13)5-3-1-2-4-10-6-8-11(9-7-10)16(18)19/h1-9H,(H,15,17,20)/b3-1+,4-2-,12-5+. The minimum absolute atomic E-state index is 0.0627. The van der Waals surface area contributed by atoms with Crippen LogP contribution in [0.4, 0.5) is 5.69 Å². The molecule has 1 fully saturated rings. The normalized spacial score (nSPS) is 17.0. The van der Waals surface area contributed by atoms with Gasteiger partial charge < -0.3 is 5.32 Å². The van der Waals surface area contributed by atoms with Crippen molar-refractivity contribution in [2.75, 3.05) is 0 Å². The SMILES string of the molecule is O=C1NC(=S)S/C1=C/C=C/C=C\c1ccc([N+](=O)[O-])cc1. The van der Waals surface area contributed by atoms with Crippen LogP contribution < -0.4 is 5.32 Å². The average Bonchev–Trinajstić information content (AvgIpc) is 2.77. The molecule has 106 valence electrons. The molecule has 0 atom stereocenters. The number of hydrogen-bond acceptors (Lipinski definition) is 5. The van der Waals surface area contributed by atoms with Crippen molar-refractivity contribution in [3.8, 4) is 0 Å². The van der Waals surface area contributed by atoms with E-state index >= 15 is 0 Å². The number of carbonyl (C=O) groups is 1. The highest BCUT2D eigenvalue weighted by molar-refractivity contribution is 8.26. The zero-order valence-corrected chi connectivity index (χ0v) is 12.3. The Balaban J connectivity index is 1.94. The molecule has 0 unspecified atom stereocenters. The first-order chi connectivity index (χ1) is 10.1. The summed E-state index contributed by atoms with van der Waals surface area (Å²) in [7, 11) is 0. The molecule has 7 heteroatoms. The van der Waals surface area contributed by atoms with Crippen LogP contribution in [0.2, 0.25) is 0 Å². The average molecular weight is 318 g/mol. The van der Waals surface area contributed by atoms with Crippen LogP contribution >= 0.6 is 24.0 Å². The second-order valence-electron chi connectivity index (χ2n) is 3.97. The van der Waals surface area contributed by atoms with Crippen molar-refractivity contribution in [3.05, 3.63) is 69.2 Å². The van der Waals surface area contributed by atoms with Crippen LogP contribution in [-0.4, -0.2) is 15.2 Å². The number of nitrogens with one attached hydrogen (secondary N) is 1. The van der Waals surface area contributed by atoms with Crippen molar-refractivity contribution in [2.24, 2.45) is 0 Å². The number of hydrogen-bond donors (Lipinski definition) is 1. The molecule has 0 spiro atoms. The van der Waals surface area contributed by atoms with Gasteiger partial charge in [0.1, 0.15) is 4.32 Å². The zero-order valence-electron chi connectivity index (χ0n) is 10.7. The highest BCUT2D eigenvalue weighted by atomic mass is 32.2. The van der Waals surface area contributed by atoms with Crippen LogP contribution in [0.3, 0.4) is 0 Å². The minimum Gasteiger partial charge on any atom is -0.307 e. The number of nitrogens with zero attached hydrogens (tertiary/aromatic N) is 1. The van der Waals surface area contributed by atoms with E-state index < -0.39 is 4.92 Å². The Kier molecular flexibility index (Phi) is 5.02. The summed E-state index contributed by atoms with van der Waals surface area (Å²) < 4.78 is 0.459. The first-order valence-electron chi connectivity index (χ1n) is 5.89. The Morgan fingerprint density at radius 1 is 1.19 bits per heavy atom. The van der Waals surface area contributed by atoms with Gasteiger partial charge in [-0.3, -0.25) is 14.9 Å². The van der Waals surface area contributed by atoms with Gasteiger partial charge in [-0.15, -0.1) is 0 Å². The molecule has 5 nitrogen and oxygen atoms in total. The quantitative estimate of drug-likeness (QED) is 0.303.